The number of fused-ring (bicyclic) bond motifs is 1. The Kier molecular flexibility index (Phi) is 3.53. The summed E-state index contributed by atoms with van der Waals surface area (Å²) in [7, 11) is -3.60. The zero-order valence-electron chi connectivity index (χ0n) is 14.3. The monoisotopic (exact) mass is 377 g/mol. The fraction of sp³-hybridized carbons (Fsp3) is 0.667. The van der Waals surface area contributed by atoms with E-state index in [1.165, 1.54) is 38.5 Å². The molecule has 1 heterocycles. The van der Waals surface area contributed by atoms with Crippen LogP contribution in [-0.2, 0) is 10.0 Å². The van der Waals surface area contributed by atoms with Gasteiger partial charge < -0.3 is 0 Å². The van der Waals surface area contributed by atoms with Gasteiger partial charge in [-0.25, -0.2) is 13.1 Å². The smallest absolute Gasteiger partial charge is 0.208 e. The Morgan fingerprint density at radius 1 is 1.12 bits per heavy atom. The van der Waals surface area contributed by atoms with E-state index in [4.69, 9.17) is 0 Å². The molecule has 0 radical (unpaired) electrons. The Morgan fingerprint density at radius 2 is 1.76 bits per heavy atom. The molecule has 0 unspecified atom stereocenters. The lowest BCUT2D eigenvalue weighted by atomic mass is 9.48. The first kappa shape index (κ1) is 16.1. The van der Waals surface area contributed by atoms with Crippen molar-refractivity contribution in [2.24, 2.45) is 23.2 Å². The number of nitrogens with zero attached hydrogens (tertiary/aromatic N) is 2. The Morgan fingerprint density at radius 3 is 2.40 bits per heavy atom. The van der Waals surface area contributed by atoms with Crippen LogP contribution in [0.2, 0.25) is 0 Å². The number of rotatable bonds is 4. The van der Waals surface area contributed by atoms with Crippen molar-refractivity contribution in [3.05, 3.63) is 18.2 Å². The van der Waals surface area contributed by atoms with Crippen molar-refractivity contribution in [3.8, 4) is 0 Å². The largest absolute Gasteiger partial charge is 0.243 e. The first-order valence-electron chi connectivity index (χ1n) is 9.19. The summed E-state index contributed by atoms with van der Waals surface area (Å²) in [5.74, 6) is 2.43. The van der Waals surface area contributed by atoms with Gasteiger partial charge in [-0.3, -0.25) is 0 Å². The van der Waals surface area contributed by atoms with Gasteiger partial charge in [-0.05, 0) is 80.8 Å². The molecule has 4 fully saturated rings. The first-order valence-corrected chi connectivity index (χ1v) is 11.4. The maximum atomic E-state index is 13.1. The maximum absolute atomic E-state index is 13.1. The number of sulfonamides is 1. The number of nitrogens with one attached hydrogen (secondary N) is 1. The van der Waals surface area contributed by atoms with Gasteiger partial charge in [0.15, 0.2) is 0 Å². The third-order valence-corrected chi connectivity index (χ3v) is 8.99. The van der Waals surface area contributed by atoms with E-state index in [1.807, 2.05) is 0 Å². The van der Waals surface area contributed by atoms with E-state index < -0.39 is 10.0 Å². The van der Waals surface area contributed by atoms with Gasteiger partial charge in [0, 0.05) is 6.04 Å². The highest BCUT2D eigenvalue weighted by atomic mass is 32.2. The summed E-state index contributed by atoms with van der Waals surface area (Å²) in [6.07, 6.45) is 7.65. The van der Waals surface area contributed by atoms with Gasteiger partial charge in [0.25, 0.3) is 0 Å². The molecule has 1 atom stereocenters. The highest BCUT2D eigenvalue weighted by Crippen LogP contribution is 2.61. The minimum absolute atomic E-state index is 0.0345. The molecule has 4 saturated carbocycles. The number of hydrogen-bond acceptors (Lipinski definition) is 5. The maximum Gasteiger partial charge on any atom is 0.243 e. The quantitative estimate of drug-likeness (QED) is 0.884. The highest BCUT2D eigenvalue weighted by molar-refractivity contribution is 7.89. The van der Waals surface area contributed by atoms with Crippen LogP contribution in [0.4, 0.5) is 0 Å². The second kappa shape index (κ2) is 5.47. The average Bonchev–Trinajstić information content (AvgIpc) is 3.01. The Hall–Kier alpha value is -1.05. The summed E-state index contributed by atoms with van der Waals surface area (Å²) >= 11 is 1.06. The molecule has 0 aliphatic heterocycles. The van der Waals surface area contributed by atoms with Crippen LogP contribution in [0.3, 0.4) is 0 Å². The van der Waals surface area contributed by atoms with Crippen molar-refractivity contribution in [2.75, 3.05) is 0 Å². The molecule has 1 aromatic carbocycles. The fourth-order valence-corrected chi connectivity index (χ4v) is 8.24. The highest BCUT2D eigenvalue weighted by Gasteiger charge is 2.53. The molecule has 2 aromatic rings. The lowest BCUT2D eigenvalue weighted by Gasteiger charge is -2.59. The van der Waals surface area contributed by atoms with Crippen LogP contribution in [0.5, 0.6) is 0 Å². The average molecular weight is 378 g/mol. The summed E-state index contributed by atoms with van der Waals surface area (Å²) in [4.78, 5) is 0.260. The number of aromatic nitrogens is 2. The van der Waals surface area contributed by atoms with Gasteiger partial charge in [-0.2, -0.15) is 8.75 Å². The van der Waals surface area contributed by atoms with Crippen LogP contribution < -0.4 is 4.72 Å². The normalized spacial score (nSPS) is 35.3. The molecule has 0 saturated heterocycles. The van der Waals surface area contributed by atoms with Crippen LogP contribution in [0.1, 0.15) is 45.4 Å². The molecule has 6 rings (SSSR count). The predicted molar refractivity (Wildman–Crippen MR) is 97.8 cm³/mol. The summed E-state index contributed by atoms with van der Waals surface area (Å²) in [6.45, 7) is 2.07. The molecular formula is C18H23N3O2S2. The van der Waals surface area contributed by atoms with Crippen molar-refractivity contribution in [3.63, 3.8) is 0 Å². The molecular weight excluding hydrogens is 354 g/mol. The molecule has 0 amide bonds. The molecule has 1 aromatic heterocycles. The van der Waals surface area contributed by atoms with Gasteiger partial charge in [0.05, 0.1) is 11.7 Å². The van der Waals surface area contributed by atoms with Crippen molar-refractivity contribution in [2.45, 2.75) is 56.4 Å². The summed E-state index contributed by atoms with van der Waals surface area (Å²) in [5.41, 5.74) is 1.28. The second-order valence-electron chi connectivity index (χ2n) is 8.51. The minimum atomic E-state index is -3.60. The second-order valence-corrected chi connectivity index (χ2v) is 10.7. The van der Waals surface area contributed by atoms with Gasteiger partial charge >= 0.3 is 0 Å². The topological polar surface area (TPSA) is 72.0 Å². The van der Waals surface area contributed by atoms with Crippen molar-refractivity contribution in [1.82, 2.24) is 13.5 Å². The Balaban J connectivity index is 1.45. The standard InChI is InChI=1S/C18H23N3O2S2/c1-11(18-8-12-5-13(9-18)7-14(6-12)10-18)21-25(22,23)16-4-2-3-15-17(16)20-24-19-15/h2-4,11-14,21H,5-10H2,1H3/t11-,12?,13?,14?,18?/m0/s1. The number of benzene rings is 1. The third kappa shape index (κ3) is 2.54. The molecule has 1 N–H and O–H groups in total. The molecule has 134 valence electrons. The Labute approximate surface area is 152 Å². The molecule has 4 aliphatic rings. The SMILES string of the molecule is C[C@H](NS(=O)(=O)c1cccc2nsnc12)C12CC3CC(CC(C3)C1)C2. The van der Waals surface area contributed by atoms with E-state index in [2.05, 4.69) is 20.4 Å². The molecule has 5 nitrogen and oxygen atoms in total. The third-order valence-electron chi connectivity index (χ3n) is 6.87. The zero-order valence-corrected chi connectivity index (χ0v) is 15.9. The van der Waals surface area contributed by atoms with E-state index in [9.17, 15) is 8.42 Å². The van der Waals surface area contributed by atoms with Gasteiger partial charge in [-0.15, -0.1) is 0 Å². The van der Waals surface area contributed by atoms with E-state index >= 15 is 0 Å². The molecule has 25 heavy (non-hydrogen) atoms. The van der Waals surface area contributed by atoms with Crippen LogP contribution in [-0.4, -0.2) is 23.2 Å². The van der Waals surface area contributed by atoms with Gasteiger partial charge in [0.2, 0.25) is 10.0 Å². The van der Waals surface area contributed by atoms with Crippen LogP contribution >= 0.6 is 11.7 Å². The Bertz CT molecular complexity index is 886. The van der Waals surface area contributed by atoms with E-state index in [0.717, 1.165) is 29.5 Å². The molecule has 4 aliphatic carbocycles. The predicted octanol–water partition coefficient (Wildman–Crippen LogP) is 3.57. The molecule has 7 heteroatoms. The van der Waals surface area contributed by atoms with Crippen molar-refractivity contribution >= 4 is 32.8 Å². The van der Waals surface area contributed by atoms with E-state index in [-0.39, 0.29) is 16.4 Å². The molecule has 0 spiro atoms. The lowest BCUT2D eigenvalue weighted by molar-refractivity contribution is -0.0666. The van der Waals surface area contributed by atoms with Crippen molar-refractivity contribution < 1.29 is 8.42 Å². The summed E-state index contributed by atoms with van der Waals surface area (Å²) in [5, 5.41) is 0. The fourth-order valence-electron chi connectivity index (χ4n) is 6.13. The van der Waals surface area contributed by atoms with E-state index in [1.54, 1.807) is 18.2 Å². The molecule has 4 bridgehead atoms. The lowest BCUT2D eigenvalue weighted by Crippen LogP contribution is -2.55. The minimum Gasteiger partial charge on any atom is -0.208 e. The number of hydrogen-bond donors (Lipinski definition) is 1. The first-order chi connectivity index (χ1) is 12.0. The van der Waals surface area contributed by atoms with Crippen LogP contribution in [0.15, 0.2) is 23.1 Å². The van der Waals surface area contributed by atoms with Crippen LogP contribution in [0.25, 0.3) is 11.0 Å². The summed E-state index contributed by atoms with van der Waals surface area (Å²) < 4.78 is 37.5. The van der Waals surface area contributed by atoms with E-state index in [0.29, 0.717) is 11.0 Å². The van der Waals surface area contributed by atoms with Crippen LogP contribution in [0, 0.1) is 23.2 Å². The summed E-state index contributed by atoms with van der Waals surface area (Å²) in [6, 6.07) is 5.15. The van der Waals surface area contributed by atoms with Gasteiger partial charge in [-0.1, -0.05) is 6.07 Å². The van der Waals surface area contributed by atoms with Crippen molar-refractivity contribution in [1.29, 1.82) is 0 Å². The zero-order chi connectivity index (χ0) is 17.2. The van der Waals surface area contributed by atoms with Gasteiger partial charge in [0.1, 0.15) is 15.9 Å².